The van der Waals surface area contributed by atoms with E-state index in [1.165, 1.54) is 44.9 Å². The summed E-state index contributed by atoms with van der Waals surface area (Å²) in [5.41, 5.74) is 26.8. The predicted octanol–water partition coefficient (Wildman–Crippen LogP) is 17.5. The summed E-state index contributed by atoms with van der Waals surface area (Å²) in [6.07, 6.45) is 0. The average molecular weight is 4450 g/mol. The molecular weight excluding hydrogens is 4360 g/mol. The molecule has 0 aliphatic rings. The molecule has 17 nitrogen and oxygen atoms in total. The van der Waals surface area contributed by atoms with Gasteiger partial charge >= 0.3 is 895 Å². The molecule has 12 aromatic heterocycles. The molecule has 144 heavy (non-hydrogen) atoms. The van der Waals surface area contributed by atoms with E-state index < -0.39 is 0 Å². The van der Waals surface area contributed by atoms with Crippen molar-refractivity contribution in [3.8, 4) is 79.0 Å². The number of para-hydroxylation sites is 8. The number of hydrogen-bond donors (Lipinski definition) is 0. The minimum absolute atomic E-state index is 0. The SMILES string of the molecule is Cc1c[c]([BiH2])nc(-c2[c-]ccc3c2oc2ccccc23)c1.Cc1c[c]([BiH2])nc(-c2[c-]ccc3c2oc2ccccc23)n1.Cc1cc(-c2[c-]ccc3c2oc2ccccc23)c[c]([BiH2])n1.Cc1n[c]([BiH2])cc(-c2[c-]ccc3c2oc2ccccc23)n1.Cc1n[c]([BiH2])cc(-c2[c-]ccc3c4ccccc4n(-c4ccccc4)c23)n1.Cc1n[c]([BiH2])nc(-c2[c-]ccc3c4ccccc4n(-c4ccccc4)c23)n1.[Bk].[Bk].[Bk].[Bk].[Bk].[Bk]. The minimum Gasteiger partial charge on any atom is 0 e. The third-order valence-electron chi connectivity index (χ3n) is 23.5. The van der Waals surface area contributed by atoms with Gasteiger partial charge in [0.05, 0.1) is 0 Å². The molecule has 722 valence electrons. The summed E-state index contributed by atoms with van der Waals surface area (Å²) < 4.78 is 35.4. The van der Waals surface area contributed by atoms with Crippen molar-refractivity contribution in [2.45, 2.75) is 41.5 Å². The van der Waals surface area contributed by atoms with E-state index in [1.54, 1.807) is 0 Å². The van der Waals surface area contributed by atoms with Crippen molar-refractivity contribution in [3.63, 3.8) is 0 Å². The maximum Gasteiger partial charge on any atom is 0 e. The molecule has 0 spiro atoms. The Morgan fingerprint density at radius 3 is 1.01 bits per heavy atom. The fourth-order valence-electron chi connectivity index (χ4n) is 17.9. The van der Waals surface area contributed by atoms with Gasteiger partial charge in [-0.25, -0.2) is 0 Å². The molecule has 0 aliphatic carbocycles. The molecule has 14 aromatic carbocycles. The van der Waals surface area contributed by atoms with E-state index in [2.05, 4.69) is 273 Å². The van der Waals surface area contributed by atoms with Gasteiger partial charge in [-0.15, -0.1) is 0 Å². The van der Waals surface area contributed by atoms with Crippen LogP contribution in [0.15, 0.2) is 339 Å². The Kier molecular flexibility index (Phi) is 29.6. The Labute approximate surface area is 884 Å². The maximum atomic E-state index is 6.08. The molecule has 0 amide bonds. The van der Waals surface area contributed by atoms with Crippen LogP contribution in [0.5, 0.6) is 0 Å². The minimum atomic E-state index is 0. The van der Waals surface area contributed by atoms with Gasteiger partial charge in [-0.3, -0.25) is 0 Å². The number of aryl methyl sites for hydroxylation is 6. The average Bonchev–Trinajstić information content (AvgIpc) is 1.58. The topological polar surface area (TPSA) is 204 Å². The van der Waals surface area contributed by atoms with Crippen LogP contribution in [0.4, 0.5) is 0 Å². The fraction of sp³-hybridized carbons (Fsp3) is 0.0522. The van der Waals surface area contributed by atoms with Gasteiger partial charge in [0.2, 0.25) is 0 Å². The van der Waals surface area contributed by atoms with Crippen molar-refractivity contribution in [3.05, 3.63) is 392 Å². The standard InChI is InChI=1S/C23H15N3.C22H14N4.2C18H11NO.2C17H10N2O.6Bi.6Bk.12H/c1-16-24-15-14-21(25-16)20-12-7-11-19-18-10-5-6-13-22(18)26(23(19)20)17-8-3-2-4-9-17;1-15-23-14-24-22(25-15)19-12-7-11-18-17-10-5-6-13-20(17)26(21(18)19)16-8-3-2-4-9-16;1-12-11-13(9-10-19-12)14-6-4-7-16-15-5-2-3-8-17(15)20-18(14)16;1-12-9-10-19-16(11-12)15-7-4-6-14-13-5-2-3-8-17(13)20-18(14)15;1-11-18-10-9-15(19-11)14-7-4-6-13-12-5-2-3-8-16(12)20-17(13)14;1-11-9-10-18-17(19-11)14-7-4-6-13-12-5-2-3-8-15(12)20-16(13)14;;;;;;;;;;;;;;;;;;;;;;;;/h2-11,13-14H,1H3;2-11,13H,1H3;2-5,7-9,11H,1H3;2-6,8-9,11H,1H3;2*2-6,8-9H,1H3;;;;;;;;;;;;;;;;;;;;;;;;/q6*-1;;;;;;;;;;;;;;;;;;;;;;;;. The monoisotopic (exact) mass is 4450 g/mol. The van der Waals surface area contributed by atoms with Crippen molar-refractivity contribution in [2.75, 3.05) is 0 Å². The van der Waals surface area contributed by atoms with Crippen molar-refractivity contribution in [1.29, 1.82) is 0 Å². The van der Waals surface area contributed by atoms with Crippen molar-refractivity contribution in [2.24, 2.45) is 0 Å². The summed E-state index contributed by atoms with van der Waals surface area (Å²) in [5.74, 6) is 3.78. The molecule has 12 heterocycles. The Morgan fingerprint density at radius 1 is 0.236 bits per heavy atom. The van der Waals surface area contributed by atoms with Crippen LogP contribution in [-0.2, 0) is 0 Å². The zero-order valence-corrected chi connectivity index (χ0v) is 121. The second-order valence-corrected chi connectivity index (χ2v) is 46.5. The summed E-state index contributed by atoms with van der Waals surface area (Å²) in [6, 6.07) is 129. The second-order valence-electron chi connectivity index (χ2n) is 33.0. The number of aromatic nitrogens is 13. The molecule has 29 heteroatoms. The van der Waals surface area contributed by atoms with Gasteiger partial charge in [0, 0.05) is 0 Å². The van der Waals surface area contributed by atoms with Crippen LogP contribution >= 0.6 is 0 Å². The summed E-state index contributed by atoms with van der Waals surface area (Å²) in [7, 11) is 0. The van der Waals surface area contributed by atoms with Gasteiger partial charge in [0.1, 0.15) is 0 Å². The van der Waals surface area contributed by atoms with Crippen LogP contribution in [0, 0.1) is 77.9 Å². The van der Waals surface area contributed by atoms with Gasteiger partial charge in [-0.05, 0) is 0 Å². The number of benzene rings is 14. The molecule has 0 bridgehead atoms. The smallest absolute Gasteiger partial charge is 0 e. The first-order valence-electron chi connectivity index (χ1n) is 44.4. The van der Waals surface area contributed by atoms with E-state index in [9.17, 15) is 0 Å². The molecule has 26 rings (SSSR count). The van der Waals surface area contributed by atoms with Gasteiger partial charge in [0.25, 0.3) is 0 Å². The van der Waals surface area contributed by atoms with Crippen molar-refractivity contribution in [1.82, 2.24) is 64.0 Å². The predicted molar refractivity (Wildman–Crippen MR) is 575 cm³/mol. The summed E-state index contributed by atoms with van der Waals surface area (Å²) in [6.45, 7) is 11.9. The Morgan fingerprint density at radius 2 is 0.569 bits per heavy atom. The van der Waals surface area contributed by atoms with Crippen molar-refractivity contribution >= 4 is 300 Å². The van der Waals surface area contributed by atoms with Crippen LogP contribution in [0.3, 0.4) is 0 Å². The molecule has 0 saturated carbocycles. The molecule has 0 fully saturated rings. The molecular formula is C115H83Bi6Bk6N13O4-6. The zero-order valence-electron chi connectivity index (χ0n) is 77.5. The largest absolute Gasteiger partial charge is 0 e. The first-order chi connectivity index (χ1) is 67.3. The molecule has 0 saturated heterocycles. The molecule has 0 atom stereocenters. The van der Waals surface area contributed by atoms with Crippen LogP contribution in [-0.4, -0.2) is 212 Å². The fourth-order valence-corrected chi connectivity index (χ4v) is 26.3. The number of hydrogen-bond acceptors (Lipinski definition) is 15. The zero-order chi connectivity index (χ0) is 94.3. The number of furan rings is 4. The summed E-state index contributed by atoms with van der Waals surface area (Å²) in [4.78, 5) is 50.2. The third kappa shape index (κ3) is 19.7. The number of nitrogens with zero attached hydrogens (tertiary/aromatic N) is 13. The van der Waals surface area contributed by atoms with Crippen LogP contribution < -0.4 is 20.5 Å². The first-order valence-corrected chi connectivity index (χ1v) is 57.9. The van der Waals surface area contributed by atoms with Crippen molar-refractivity contribution < 1.29 is 17.7 Å². The maximum absolute atomic E-state index is 6.08. The van der Waals surface area contributed by atoms with E-state index in [0.29, 0.717) is 111 Å². The summed E-state index contributed by atoms with van der Waals surface area (Å²) >= 11 is 4.06. The van der Waals surface area contributed by atoms with E-state index >= 15 is 0 Å². The molecule has 0 N–H and O–H groups in total. The quantitative estimate of drug-likeness (QED) is 0.102. The Hall–Kier alpha value is -18.3. The second kappa shape index (κ2) is 42.6. The first kappa shape index (κ1) is 100. The molecule has 26 aromatic rings. The third-order valence-corrected chi connectivity index (χ3v) is 30.2. The van der Waals surface area contributed by atoms with Gasteiger partial charge < -0.3 is 0 Å². The van der Waals surface area contributed by atoms with E-state index in [4.69, 9.17) is 27.6 Å². The summed E-state index contributed by atoms with van der Waals surface area (Å²) in [5, 5.41) is 13.8. The van der Waals surface area contributed by atoms with E-state index in [1.807, 2.05) is 180 Å². The molecule has 6 radical (unpaired) electrons. The van der Waals surface area contributed by atoms with Crippen LogP contribution in [0.25, 0.3) is 210 Å². The Balaban J connectivity index is 0.000000129. The number of pyridine rings is 2. The van der Waals surface area contributed by atoms with Gasteiger partial charge in [-0.2, -0.15) is 0 Å². The van der Waals surface area contributed by atoms with Crippen LogP contribution in [0.2, 0.25) is 0 Å². The number of fused-ring (bicyclic) bond motifs is 18. The normalized spacial score (nSPS) is 10.9. The van der Waals surface area contributed by atoms with Gasteiger partial charge in [-0.1, -0.05) is 0 Å². The Bertz CT molecular complexity index is 8260. The van der Waals surface area contributed by atoms with E-state index in [-0.39, 0.29) is 0 Å². The molecule has 0 aliphatic heterocycles. The molecule has 0 unspecified atom stereocenters. The van der Waals surface area contributed by atoms with E-state index in [0.717, 1.165) is 258 Å². The van der Waals surface area contributed by atoms with Gasteiger partial charge in [0.15, 0.2) is 0 Å². The number of rotatable bonds is 8. The van der Waals surface area contributed by atoms with Crippen LogP contribution in [0.1, 0.15) is 34.4 Å².